The van der Waals surface area contributed by atoms with Crippen LogP contribution < -0.4 is 5.32 Å². The van der Waals surface area contributed by atoms with Crippen molar-refractivity contribution in [3.05, 3.63) is 29.3 Å². The molecular weight excluding hydrogens is 264 g/mol. The summed E-state index contributed by atoms with van der Waals surface area (Å²) < 4.78 is 0. The van der Waals surface area contributed by atoms with Crippen molar-refractivity contribution >= 4 is 5.91 Å². The Morgan fingerprint density at radius 3 is 2.71 bits per heavy atom. The number of phenols is 1. The van der Waals surface area contributed by atoms with Crippen molar-refractivity contribution < 1.29 is 9.90 Å². The minimum absolute atomic E-state index is 0.0819. The van der Waals surface area contributed by atoms with Crippen LogP contribution >= 0.6 is 0 Å². The van der Waals surface area contributed by atoms with Gasteiger partial charge in [-0.1, -0.05) is 6.92 Å². The van der Waals surface area contributed by atoms with Crippen LogP contribution in [0, 0.1) is 12.8 Å². The lowest BCUT2D eigenvalue weighted by atomic mass is 9.97. The zero-order chi connectivity index (χ0) is 15.2. The molecule has 0 radical (unpaired) electrons. The van der Waals surface area contributed by atoms with Gasteiger partial charge in [-0.15, -0.1) is 0 Å². The quantitative estimate of drug-likeness (QED) is 0.876. The molecule has 1 amide bonds. The van der Waals surface area contributed by atoms with E-state index in [-0.39, 0.29) is 11.7 Å². The maximum atomic E-state index is 12.7. The number of carbonyl (C=O) groups is 1. The van der Waals surface area contributed by atoms with E-state index in [0.717, 1.165) is 51.0 Å². The lowest BCUT2D eigenvalue weighted by Gasteiger charge is -2.30. The number of aryl methyl sites for hydroxylation is 1. The van der Waals surface area contributed by atoms with Gasteiger partial charge in [-0.2, -0.15) is 0 Å². The molecule has 0 saturated carbocycles. The van der Waals surface area contributed by atoms with Crippen LogP contribution in [0.4, 0.5) is 0 Å². The van der Waals surface area contributed by atoms with Crippen molar-refractivity contribution in [1.29, 1.82) is 0 Å². The molecule has 1 fully saturated rings. The van der Waals surface area contributed by atoms with Gasteiger partial charge in [-0.25, -0.2) is 0 Å². The zero-order valence-electron chi connectivity index (χ0n) is 13.1. The monoisotopic (exact) mass is 290 g/mol. The van der Waals surface area contributed by atoms with Gasteiger partial charge in [-0.05, 0) is 69.0 Å². The number of carbonyl (C=O) groups excluding carboxylic acids is 1. The van der Waals surface area contributed by atoms with Crippen LogP contribution in [0.5, 0.6) is 5.75 Å². The fourth-order valence-electron chi connectivity index (χ4n) is 2.89. The molecule has 1 saturated heterocycles. The van der Waals surface area contributed by atoms with Gasteiger partial charge < -0.3 is 15.3 Å². The van der Waals surface area contributed by atoms with E-state index in [2.05, 4.69) is 12.2 Å². The van der Waals surface area contributed by atoms with Gasteiger partial charge in [0, 0.05) is 18.7 Å². The van der Waals surface area contributed by atoms with Crippen LogP contribution in [-0.2, 0) is 0 Å². The second kappa shape index (κ2) is 7.46. The molecular formula is C17H26N2O2. The number of piperidine rings is 1. The number of nitrogens with one attached hydrogen (secondary N) is 1. The van der Waals surface area contributed by atoms with Crippen LogP contribution in [0.15, 0.2) is 18.2 Å². The third-order valence-electron chi connectivity index (χ3n) is 4.16. The molecule has 4 heteroatoms. The van der Waals surface area contributed by atoms with E-state index in [1.54, 1.807) is 18.2 Å². The van der Waals surface area contributed by atoms with Crippen molar-refractivity contribution in [3.63, 3.8) is 0 Å². The lowest BCUT2D eigenvalue weighted by Crippen LogP contribution is -2.39. The first-order valence-electron chi connectivity index (χ1n) is 7.91. The summed E-state index contributed by atoms with van der Waals surface area (Å²) in [6.45, 7) is 7.67. The molecule has 0 aliphatic carbocycles. The van der Waals surface area contributed by atoms with Crippen molar-refractivity contribution in [2.75, 3.05) is 26.2 Å². The highest BCUT2D eigenvalue weighted by molar-refractivity contribution is 5.94. The zero-order valence-corrected chi connectivity index (χ0v) is 13.1. The van der Waals surface area contributed by atoms with Gasteiger partial charge in [0.1, 0.15) is 5.75 Å². The highest BCUT2D eigenvalue weighted by Crippen LogP contribution is 2.20. The Kier molecular flexibility index (Phi) is 5.62. The van der Waals surface area contributed by atoms with E-state index < -0.39 is 0 Å². The highest BCUT2D eigenvalue weighted by Gasteiger charge is 2.21. The average molecular weight is 290 g/mol. The normalized spacial score (nSPS) is 15.9. The van der Waals surface area contributed by atoms with Crippen LogP contribution in [0.3, 0.4) is 0 Å². The van der Waals surface area contributed by atoms with Gasteiger partial charge in [0.25, 0.3) is 5.91 Å². The Hall–Kier alpha value is -1.55. The largest absolute Gasteiger partial charge is 0.508 e. The molecule has 0 unspecified atom stereocenters. The fourth-order valence-corrected chi connectivity index (χ4v) is 2.89. The number of hydrogen-bond donors (Lipinski definition) is 2. The number of aromatic hydroxyl groups is 1. The van der Waals surface area contributed by atoms with E-state index in [1.165, 1.54) is 0 Å². The van der Waals surface area contributed by atoms with Crippen LogP contribution in [0.1, 0.15) is 42.1 Å². The molecule has 1 heterocycles. The van der Waals surface area contributed by atoms with Gasteiger partial charge in [-0.3, -0.25) is 4.79 Å². The number of benzene rings is 1. The van der Waals surface area contributed by atoms with Crippen LogP contribution in [0.2, 0.25) is 0 Å². The summed E-state index contributed by atoms with van der Waals surface area (Å²) in [5, 5.41) is 13.0. The Morgan fingerprint density at radius 1 is 1.38 bits per heavy atom. The average Bonchev–Trinajstić information content (AvgIpc) is 2.50. The minimum Gasteiger partial charge on any atom is -0.508 e. The first-order chi connectivity index (χ1) is 10.1. The molecule has 0 atom stereocenters. The van der Waals surface area contributed by atoms with Crippen LogP contribution in [-0.4, -0.2) is 42.1 Å². The second-order valence-electron chi connectivity index (χ2n) is 5.95. The van der Waals surface area contributed by atoms with Gasteiger partial charge in [0.05, 0.1) is 0 Å². The van der Waals surface area contributed by atoms with E-state index in [9.17, 15) is 9.90 Å². The first kappa shape index (κ1) is 15.8. The van der Waals surface area contributed by atoms with E-state index >= 15 is 0 Å². The summed E-state index contributed by atoms with van der Waals surface area (Å²) in [6, 6.07) is 5.11. The first-order valence-corrected chi connectivity index (χ1v) is 7.91. The van der Waals surface area contributed by atoms with Crippen molar-refractivity contribution in [2.45, 2.75) is 33.1 Å². The summed E-state index contributed by atoms with van der Waals surface area (Å²) in [4.78, 5) is 14.7. The molecule has 0 bridgehead atoms. The Balaban J connectivity index is 2.08. The predicted molar refractivity (Wildman–Crippen MR) is 84.6 cm³/mol. The van der Waals surface area contributed by atoms with Gasteiger partial charge in [0.15, 0.2) is 0 Å². The highest BCUT2D eigenvalue weighted by atomic mass is 16.3. The Morgan fingerprint density at radius 2 is 2.10 bits per heavy atom. The SMILES string of the molecule is CCCN(CC1CCNCC1)C(=O)c1ccc(O)c(C)c1. The molecule has 21 heavy (non-hydrogen) atoms. The number of phenolic OH excluding ortho intramolecular Hbond substituents is 1. The summed E-state index contributed by atoms with van der Waals surface area (Å²) in [7, 11) is 0. The maximum Gasteiger partial charge on any atom is 0.253 e. The Bertz CT molecular complexity index is 482. The molecule has 0 spiro atoms. The number of amides is 1. The third kappa shape index (κ3) is 4.21. The molecule has 1 aromatic rings. The van der Waals surface area contributed by atoms with Crippen molar-refractivity contribution in [1.82, 2.24) is 10.2 Å². The van der Waals surface area contributed by atoms with E-state index in [4.69, 9.17) is 0 Å². The molecule has 116 valence electrons. The maximum absolute atomic E-state index is 12.7. The van der Waals surface area contributed by atoms with Gasteiger partial charge >= 0.3 is 0 Å². The minimum atomic E-state index is 0.0819. The summed E-state index contributed by atoms with van der Waals surface area (Å²) in [6.07, 6.45) is 3.25. The summed E-state index contributed by atoms with van der Waals surface area (Å²) in [5.74, 6) is 0.922. The van der Waals surface area contributed by atoms with Crippen LogP contribution in [0.25, 0.3) is 0 Å². The standard InChI is InChI=1S/C17H26N2O2/c1-3-10-19(12-14-6-8-18-9-7-14)17(21)15-4-5-16(20)13(2)11-15/h4-5,11,14,18,20H,3,6-10,12H2,1-2H3. The summed E-state index contributed by atoms with van der Waals surface area (Å²) >= 11 is 0. The number of nitrogens with zero attached hydrogens (tertiary/aromatic N) is 1. The molecule has 1 aromatic carbocycles. The molecule has 1 aliphatic heterocycles. The number of rotatable bonds is 5. The smallest absolute Gasteiger partial charge is 0.253 e. The lowest BCUT2D eigenvalue weighted by molar-refractivity contribution is 0.0716. The van der Waals surface area contributed by atoms with E-state index in [1.807, 2.05) is 11.8 Å². The topological polar surface area (TPSA) is 52.6 Å². The van der Waals surface area contributed by atoms with Gasteiger partial charge in [0.2, 0.25) is 0 Å². The molecule has 1 aliphatic rings. The van der Waals surface area contributed by atoms with E-state index in [0.29, 0.717) is 11.5 Å². The molecule has 2 rings (SSSR count). The molecule has 4 nitrogen and oxygen atoms in total. The predicted octanol–water partition coefficient (Wildman–Crippen LogP) is 2.55. The number of hydrogen-bond acceptors (Lipinski definition) is 3. The molecule has 2 N–H and O–H groups in total. The van der Waals surface area contributed by atoms with Crippen molar-refractivity contribution in [3.8, 4) is 5.75 Å². The second-order valence-corrected chi connectivity index (χ2v) is 5.95. The Labute approximate surface area is 127 Å². The molecule has 0 aromatic heterocycles. The van der Waals surface area contributed by atoms with Crippen molar-refractivity contribution in [2.24, 2.45) is 5.92 Å². The third-order valence-corrected chi connectivity index (χ3v) is 4.16. The summed E-state index contributed by atoms with van der Waals surface area (Å²) in [5.41, 5.74) is 1.42. The fraction of sp³-hybridized carbons (Fsp3) is 0.588.